The number of alkyl halides is 3. The molecule has 2 amide bonds. The number of halogens is 4. The molecule has 24 heavy (non-hydrogen) atoms. The van der Waals surface area contributed by atoms with Gasteiger partial charge in [0.15, 0.2) is 0 Å². The van der Waals surface area contributed by atoms with E-state index in [0.717, 1.165) is 10.5 Å². The highest BCUT2D eigenvalue weighted by Gasteiger charge is 2.44. The molecule has 1 aromatic carbocycles. The number of para-hydroxylation sites is 1. The van der Waals surface area contributed by atoms with Gasteiger partial charge in [-0.1, -0.05) is 12.1 Å². The summed E-state index contributed by atoms with van der Waals surface area (Å²) in [6, 6.07) is 4.63. The van der Waals surface area contributed by atoms with Gasteiger partial charge >= 0.3 is 12.1 Å². The van der Waals surface area contributed by atoms with E-state index in [1.165, 1.54) is 11.0 Å². The molecule has 0 spiro atoms. The molecule has 1 saturated heterocycles. The number of nitrogens with zero attached hydrogens (tertiary/aromatic N) is 2. The minimum Gasteiger partial charge on any atom is -0.335 e. The van der Waals surface area contributed by atoms with E-state index in [1.807, 2.05) is 0 Å². The lowest BCUT2D eigenvalue weighted by Gasteiger charge is -2.33. The van der Waals surface area contributed by atoms with Crippen LogP contribution in [0.5, 0.6) is 0 Å². The number of rotatable bonds is 1. The summed E-state index contributed by atoms with van der Waals surface area (Å²) in [7, 11) is 0. The number of amides is 2. The van der Waals surface area contributed by atoms with Crippen LogP contribution in [-0.2, 0) is 16.0 Å². The minimum atomic E-state index is -4.89. The minimum absolute atomic E-state index is 0.118. The van der Waals surface area contributed by atoms with Crippen molar-refractivity contribution in [3.8, 4) is 0 Å². The number of anilines is 1. The second kappa shape index (κ2) is 6.07. The molecule has 0 saturated carbocycles. The topological polar surface area (TPSA) is 40.6 Å². The molecule has 0 aromatic heterocycles. The number of piperidine rings is 1. The molecule has 130 valence electrons. The molecule has 1 fully saturated rings. The van der Waals surface area contributed by atoms with Crippen molar-refractivity contribution in [2.45, 2.75) is 25.4 Å². The smallest absolute Gasteiger partial charge is 0.335 e. The molecule has 1 aromatic rings. The lowest BCUT2D eigenvalue weighted by Crippen LogP contribution is -2.48. The molecular formula is C16H16F4N2O2. The number of carbonyl (C=O) groups excluding carboxylic acids is 2. The Balaban J connectivity index is 1.67. The highest BCUT2D eigenvalue weighted by atomic mass is 19.4. The summed E-state index contributed by atoms with van der Waals surface area (Å²) in [6.07, 6.45) is -4.03. The van der Waals surface area contributed by atoms with E-state index in [9.17, 15) is 27.2 Å². The average Bonchev–Trinajstić information content (AvgIpc) is 2.98. The summed E-state index contributed by atoms with van der Waals surface area (Å²) < 4.78 is 51.3. The Morgan fingerprint density at radius 2 is 1.75 bits per heavy atom. The third-order valence-corrected chi connectivity index (χ3v) is 4.58. The monoisotopic (exact) mass is 344 g/mol. The van der Waals surface area contributed by atoms with E-state index in [1.54, 1.807) is 12.1 Å². The fourth-order valence-electron chi connectivity index (χ4n) is 3.36. The van der Waals surface area contributed by atoms with Crippen molar-refractivity contribution in [1.29, 1.82) is 0 Å². The Morgan fingerprint density at radius 1 is 1.08 bits per heavy atom. The van der Waals surface area contributed by atoms with Crippen molar-refractivity contribution in [3.05, 3.63) is 29.6 Å². The summed E-state index contributed by atoms with van der Waals surface area (Å²) in [5.41, 5.74) is 1.03. The summed E-state index contributed by atoms with van der Waals surface area (Å²) in [5, 5.41) is 0. The number of hydrogen-bond donors (Lipinski definition) is 0. The normalized spacial score (nSPS) is 18.7. The Hall–Kier alpha value is -2.12. The van der Waals surface area contributed by atoms with Crippen LogP contribution in [-0.4, -0.2) is 42.5 Å². The van der Waals surface area contributed by atoms with Gasteiger partial charge in [-0.2, -0.15) is 13.2 Å². The summed E-state index contributed by atoms with van der Waals surface area (Å²) >= 11 is 0. The van der Waals surface area contributed by atoms with Crippen molar-refractivity contribution >= 4 is 17.5 Å². The zero-order chi connectivity index (χ0) is 17.5. The molecule has 8 heteroatoms. The van der Waals surface area contributed by atoms with E-state index in [2.05, 4.69) is 0 Å². The van der Waals surface area contributed by atoms with Crippen molar-refractivity contribution < 1.29 is 27.2 Å². The van der Waals surface area contributed by atoms with Crippen LogP contribution >= 0.6 is 0 Å². The standard InChI is InChI=1S/C16H16F4N2O2/c17-12-3-1-2-10-6-9-22(13(10)12)14(23)11-4-7-21(8-5-11)15(24)16(18,19)20/h1-3,11H,4-9H2. The fraction of sp³-hybridized carbons (Fsp3) is 0.500. The number of hydrogen-bond acceptors (Lipinski definition) is 2. The largest absolute Gasteiger partial charge is 0.471 e. The van der Waals surface area contributed by atoms with Crippen molar-refractivity contribution in [1.82, 2.24) is 4.90 Å². The van der Waals surface area contributed by atoms with E-state index in [-0.39, 0.29) is 37.5 Å². The van der Waals surface area contributed by atoms with Crippen LogP contribution in [0.4, 0.5) is 23.2 Å². The first-order valence-corrected chi connectivity index (χ1v) is 7.74. The zero-order valence-corrected chi connectivity index (χ0v) is 12.8. The quantitative estimate of drug-likeness (QED) is 0.735. The van der Waals surface area contributed by atoms with Gasteiger partial charge in [-0.05, 0) is 30.9 Å². The maximum atomic E-state index is 14.0. The Labute approximate surface area is 136 Å². The zero-order valence-electron chi connectivity index (χ0n) is 12.8. The molecule has 2 heterocycles. The first-order chi connectivity index (χ1) is 11.3. The predicted molar refractivity (Wildman–Crippen MR) is 77.8 cm³/mol. The van der Waals surface area contributed by atoms with Crippen molar-refractivity contribution in [2.75, 3.05) is 24.5 Å². The van der Waals surface area contributed by atoms with E-state index in [4.69, 9.17) is 0 Å². The van der Waals surface area contributed by atoms with Gasteiger partial charge in [0.1, 0.15) is 5.82 Å². The molecule has 0 aliphatic carbocycles. The van der Waals surface area contributed by atoms with Gasteiger partial charge in [0.25, 0.3) is 0 Å². The van der Waals surface area contributed by atoms with Crippen LogP contribution in [0, 0.1) is 11.7 Å². The van der Waals surface area contributed by atoms with E-state index < -0.39 is 23.8 Å². The third-order valence-electron chi connectivity index (χ3n) is 4.58. The summed E-state index contributed by atoms with van der Waals surface area (Å²) in [4.78, 5) is 25.9. The second-order valence-electron chi connectivity index (χ2n) is 6.05. The van der Waals surface area contributed by atoms with Gasteiger partial charge < -0.3 is 9.80 Å². The first-order valence-electron chi connectivity index (χ1n) is 7.74. The Bertz CT molecular complexity index is 667. The maximum absolute atomic E-state index is 14.0. The van der Waals surface area contributed by atoms with Crippen LogP contribution in [0.15, 0.2) is 18.2 Å². The highest BCUT2D eigenvalue weighted by Crippen LogP contribution is 2.33. The second-order valence-corrected chi connectivity index (χ2v) is 6.05. The average molecular weight is 344 g/mol. The SMILES string of the molecule is O=C(C1CCN(C(=O)C(F)(F)F)CC1)N1CCc2cccc(F)c21. The van der Waals surface area contributed by atoms with E-state index in [0.29, 0.717) is 13.0 Å². The molecule has 3 rings (SSSR count). The van der Waals surface area contributed by atoms with E-state index >= 15 is 0 Å². The molecule has 2 aliphatic rings. The lowest BCUT2D eigenvalue weighted by atomic mass is 9.95. The first kappa shape index (κ1) is 16.7. The molecule has 4 nitrogen and oxygen atoms in total. The molecule has 0 bridgehead atoms. The predicted octanol–water partition coefficient (Wildman–Crippen LogP) is 2.52. The van der Waals surface area contributed by atoms with Crippen LogP contribution in [0.2, 0.25) is 0 Å². The number of likely N-dealkylation sites (tertiary alicyclic amines) is 1. The van der Waals surface area contributed by atoms with Crippen molar-refractivity contribution in [2.24, 2.45) is 5.92 Å². The van der Waals surface area contributed by atoms with Gasteiger partial charge in [-0.3, -0.25) is 9.59 Å². The van der Waals surface area contributed by atoms with Gasteiger partial charge in [0.2, 0.25) is 5.91 Å². The van der Waals surface area contributed by atoms with Gasteiger partial charge in [0, 0.05) is 25.6 Å². The molecule has 0 radical (unpaired) electrons. The molecule has 0 unspecified atom stereocenters. The third kappa shape index (κ3) is 2.97. The fourth-order valence-corrected chi connectivity index (χ4v) is 3.36. The Kier molecular flexibility index (Phi) is 4.23. The van der Waals surface area contributed by atoms with Crippen LogP contribution in [0.1, 0.15) is 18.4 Å². The van der Waals surface area contributed by atoms with Crippen molar-refractivity contribution in [3.63, 3.8) is 0 Å². The van der Waals surface area contributed by atoms with Crippen LogP contribution in [0.3, 0.4) is 0 Å². The summed E-state index contributed by atoms with van der Waals surface area (Å²) in [5.74, 6) is -3.11. The number of benzene rings is 1. The van der Waals surface area contributed by atoms with Crippen LogP contribution < -0.4 is 4.90 Å². The molecular weight excluding hydrogens is 328 g/mol. The summed E-state index contributed by atoms with van der Waals surface area (Å²) in [6.45, 7) is 0.135. The van der Waals surface area contributed by atoms with Gasteiger partial charge in [-0.25, -0.2) is 4.39 Å². The Morgan fingerprint density at radius 3 is 2.38 bits per heavy atom. The number of fused-ring (bicyclic) bond motifs is 1. The highest BCUT2D eigenvalue weighted by molar-refractivity contribution is 5.97. The molecule has 0 atom stereocenters. The molecule has 0 N–H and O–H groups in total. The lowest BCUT2D eigenvalue weighted by molar-refractivity contribution is -0.186. The van der Waals surface area contributed by atoms with Gasteiger partial charge in [0.05, 0.1) is 5.69 Å². The molecule has 2 aliphatic heterocycles. The van der Waals surface area contributed by atoms with Crippen LogP contribution in [0.25, 0.3) is 0 Å². The maximum Gasteiger partial charge on any atom is 0.471 e. The van der Waals surface area contributed by atoms with Gasteiger partial charge in [-0.15, -0.1) is 0 Å². The number of carbonyl (C=O) groups is 2.